The van der Waals surface area contributed by atoms with Crippen LogP contribution in [-0.4, -0.2) is 22.3 Å². The predicted octanol–water partition coefficient (Wildman–Crippen LogP) is 3.72. The second kappa shape index (κ2) is 6.75. The zero-order valence-corrected chi connectivity index (χ0v) is 12.4. The Bertz CT molecular complexity index is 505. The number of aromatic nitrogens is 2. The van der Waals surface area contributed by atoms with Crippen LogP contribution in [0, 0.1) is 6.92 Å². The lowest BCUT2D eigenvalue weighted by atomic mass is 10.3. The van der Waals surface area contributed by atoms with E-state index in [4.69, 9.17) is 4.74 Å². The summed E-state index contributed by atoms with van der Waals surface area (Å²) in [7, 11) is 0. The van der Waals surface area contributed by atoms with Crippen LogP contribution < -0.4 is 4.74 Å². The Labute approximate surface area is 119 Å². The fourth-order valence-electron chi connectivity index (χ4n) is 1.30. The van der Waals surface area contributed by atoms with E-state index in [2.05, 4.69) is 25.9 Å². The Morgan fingerprint density at radius 1 is 1.28 bits per heavy atom. The molecule has 0 amide bonds. The molecule has 0 bridgehead atoms. The molecule has 0 N–H and O–H groups in total. The number of hydrogen-bond donors (Lipinski definition) is 0. The smallest absolute Gasteiger partial charge is 0.187 e. The van der Waals surface area contributed by atoms with Crippen molar-refractivity contribution in [2.45, 2.75) is 12.1 Å². The van der Waals surface area contributed by atoms with Gasteiger partial charge in [-0.2, -0.15) is 0 Å². The number of nitrogens with zero attached hydrogens (tertiary/aromatic N) is 2. The Morgan fingerprint density at radius 2 is 2.06 bits per heavy atom. The van der Waals surface area contributed by atoms with Crippen molar-refractivity contribution in [2.24, 2.45) is 0 Å². The van der Waals surface area contributed by atoms with Crippen LogP contribution in [-0.2, 0) is 0 Å². The van der Waals surface area contributed by atoms with Crippen molar-refractivity contribution in [1.82, 2.24) is 9.97 Å². The van der Waals surface area contributed by atoms with Crippen molar-refractivity contribution in [3.63, 3.8) is 0 Å². The van der Waals surface area contributed by atoms with Crippen LogP contribution in [0.4, 0.5) is 0 Å². The Morgan fingerprint density at radius 3 is 2.78 bits per heavy atom. The van der Waals surface area contributed by atoms with Crippen molar-refractivity contribution in [2.75, 3.05) is 12.4 Å². The fraction of sp³-hybridized carbons (Fsp3) is 0.231. The first-order valence-corrected chi connectivity index (χ1v) is 7.32. The minimum Gasteiger partial charge on any atom is -0.493 e. The maximum Gasteiger partial charge on any atom is 0.187 e. The van der Waals surface area contributed by atoms with Crippen molar-refractivity contribution in [1.29, 1.82) is 0 Å². The van der Waals surface area contributed by atoms with Crippen LogP contribution in [0.3, 0.4) is 0 Å². The van der Waals surface area contributed by atoms with Gasteiger partial charge in [0.05, 0.1) is 6.61 Å². The van der Waals surface area contributed by atoms with E-state index >= 15 is 0 Å². The van der Waals surface area contributed by atoms with E-state index in [1.165, 1.54) is 0 Å². The first-order chi connectivity index (χ1) is 8.74. The van der Waals surface area contributed by atoms with Gasteiger partial charge >= 0.3 is 0 Å². The molecule has 2 rings (SSSR count). The minimum atomic E-state index is 0.637. The Hall–Kier alpha value is -1.07. The average molecular weight is 325 g/mol. The summed E-state index contributed by atoms with van der Waals surface area (Å²) >= 11 is 5.00. The fourth-order valence-corrected chi connectivity index (χ4v) is 2.29. The van der Waals surface area contributed by atoms with E-state index in [9.17, 15) is 0 Å². The first-order valence-electron chi connectivity index (χ1n) is 5.54. The minimum absolute atomic E-state index is 0.637. The zero-order chi connectivity index (χ0) is 12.8. The summed E-state index contributed by atoms with van der Waals surface area (Å²) in [6.07, 6.45) is 3.65. The molecule has 2 aromatic rings. The van der Waals surface area contributed by atoms with Crippen molar-refractivity contribution < 1.29 is 4.74 Å². The normalized spacial score (nSPS) is 10.3. The number of ether oxygens (including phenoxy) is 1. The van der Waals surface area contributed by atoms with E-state index in [0.29, 0.717) is 6.61 Å². The van der Waals surface area contributed by atoms with Crippen LogP contribution in [0.25, 0.3) is 0 Å². The Balaban J connectivity index is 1.74. The summed E-state index contributed by atoms with van der Waals surface area (Å²) in [5.74, 6) is 1.70. The molecule has 0 spiro atoms. The summed E-state index contributed by atoms with van der Waals surface area (Å²) in [6, 6.07) is 7.82. The van der Waals surface area contributed by atoms with Gasteiger partial charge in [-0.15, -0.1) is 0 Å². The van der Waals surface area contributed by atoms with E-state index < -0.39 is 0 Å². The molecule has 0 aliphatic rings. The van der Waals surface area contributed by atoms with Gasteiger partial charge in [0.1, 0.15) is 5.75 Å². The third-order valence-corrected chi connectivity index (χ3v) is 3.47. The van der Waals surface area contributed by atoms with Crippen LogP contribution in [0.1, 0.15) is 5.56 Å². The van der Waals surface area contributed by atoms with Gasteiger partial charge in [-0.3, -0.25) is 0 Å². The van der Waals surface area contributed by atoms with Gasteiger partial charge in [0.2, 0.25) is 0 Å². The molecule has 1 aromatic carbocycles. The maximum atomic E-state index is 5.63. The highest BCUT2D eigenvalue weighted by molar-refractivity contribution is 9.10. The largest absolute Gasteiger partial charge is 0.493 e. The third-order valence-electron chi connectivity index (χ3n) is 2.14. The zero-order valence-electron chi connectivity index (χ0n) is 9.97. The van der Waals surface area contributed by atoms with E-state index in [1.54, 1.807) is 11.8 Å². The molecular formula is C13H13BrN2OS. The molecule has 94 valence electrons. The topological polar surface area (TPSA) is 35.0 Å². The quantitative estimate of drug-likeness (QED) is 0.477. The van der Waals surface area contributed by atoms with Crippen LogP contribution in [0.15, 0.2) is 46.3 Å². The molecule has 5 heteroatoms. The molecule has 3 nitrogen and oxygen atoms in total. The van der Waals surface area contributed by atoms with Gasteiger partial charge in [0.25, 0.3) is 0 Å². The molecule has 0 aliphatic carbocycles. The van der Waals surface area contributed by atoms with Crippen molar-refractivity contribution in [3.8, 4) is 5.75 Å². The number of benzene rings is 1. The summed E-state index contributed by atoms with van der Waals surface area (Å²) in [5, 5.41) is 0.790. The van der Waals surface area contributed by atoms with Gasteiger partial charge in [-0.25, -0.2) is 9.97 Å². The van der Waals surface area contributed by atoms with Crippen molar-refractivity contribution >= 4 is 27.7 Å². The van der Waals surface area contributed by atoms with Crippen LogP contribution >= 0.6 is 27.7 Å². The molecule has 1 aromatic heterocycles. The third kappa shape index (κ3) is 4.31. The number of hydrogen-bond acceptors (Lipinski definition) is 4. The number of halogens is 1. The lowest BCUT2D eigenvalue weighted by Gasteiger charge is -2.05. The molecule has 0 aliphatic heterocycles. The Kier molecular flexibility index (Phi) is 5.01. The number of aryl methyl sites for hydroxylation is 1. The molecule has 18 heavy (non-hydrogen) atoms. The molecule has 0 saturated heterocycles. The summed E-state index contributed by atoms with van der Waals surface area (Å²) in [6.45, 7) is 2.61. The highest BCUT2D eigenvalue weighted by Crippen LogP contribution is 2.18. The molecule has 0 saturated carbocycles. The number of rotatable bonds is 5. The van der Waals surface area contributed by atoms with Gasteiger partial charge < -0.3 is 4.74 Å². The highest BCUT2D eigenvalue weighted by Gasteiger charge is 1.98. The lowest BCUT2D eigenvalue weighted by Crippen LogP contribution is -2.00. The second-order valence-corrected chi connectivity index (χ2v) is 5.68. The van der Waals surface area contributed by atoms with Gasteiger partial charge in [-0.1, -0.05) is 33.8 Å². The molecular weight excluding hydrogens is 312 g/mol. The van der Waals surface area contributed by atoms with Crippen LogP contribution in [0.5, 0.6) is 5.75 Å². The monoisotopic (exact) mass is 324 g/mol. The first kappa shape index (κ1) is 13.4. The molecule has 1 heterocycles. The van der Waals surface area contributed by atoms with Gasteiger partial charge in [-0.05, 0) is 30.7 Å². The van der Waals surface area contributed by atoms with Crippen LogP contribution in [0.2, 0.25) is 0 Å². The van der Waals surface area contributed by atoms with E-state index in [0.717, 1.165) is 26.7 Å². The van der Waals surface area contributed by atoms with E-state index in [1.807, 2.05) is 43.6 Å². The van der Waals surface area contributed by atoms with Gasteiger partial charge in [0.15, 0.2) is 5.16 Å². The predicted molar refractivity (Wildman–Crippen MR) is 77.1 cm³/mol. The summed E-state index contributed by atoms with van der Waals surface area (Å²) < 4.78 is 6.65. The van der Waals surface area contributed by atoms with Crippen molar-refractivity contribution in [3.05, 3.63) is 46.7 Å². The highest BCUT2D eigenvalue weighted by atomic mass is 79.9. The summed E-state index contributed by atoms with van der Waals surface area (Å²) in [4.78, 5) is 8.45. The number of thioether (sulfide) groups is 1. The van der Waals surface area contributed by atoms with E-state index in [-0.39, 0.29) is 0 Å². The van der Waals surface area contributed by atoms with Gasteiger partial charge in [0, 0.05) is 22.6 Å². The maximum absolute atomic E-state index is 5.63. The molecule has 0 radical (unpaired) electrons. The second-order valence-electron chi connectivity index (χ2n) is 3.70. The molecule has 0 unspecified atom stereocenters. The molecule has 0 atom stereocenters. The summed E-state index contributed by atoms with van der Waals surface area (Å²) in [5.41, 5.74) is 1.07. The lowest BCUT2D eigenvalue weighted by molar-refractivity contribution is 0.343. The SMILES string of the molecule is Cc1cnc(SCCOc2cccc(Br)c2)nc1. The standard InChI is InChI=1S/C13H13BrN2OS/c1-10-8-15-13(16-9-10)18-6-5-17-12-4-2-3-11(14)7-12/h2-4,7-9H,5-6H2,1H3. The average Bonchev–Trinajstić information content (AvgIpc) is 2.37. The molecule has 0 fully saturated rings.